The maximum absolute atomic E-state index is 12.4. The van der Waals surface area contributed by atoms with Crippen LogP contribution in [0.1, 0.15) is 48.5 Å². The van der Waals surface area contributed by atoms with E-state index in [1.54, 1.807) is 7.11 Å². The highest BCUT2D eigenvalue weighted by Crippen LogP contribution is 2.40. The molecule has 1 saturated heterocycles. The highest BCUT2D eigenvalue weighted by molar-refractivity contribution is 5.83. The molecule has 0 bridgehead atoms. The molecule has 1 unspecified atom stereocenters. The van der Waals surface area contributed by atoms with Crippen molar-refractivity contribution in [2.45, 2.75) is 50.7 Å². The van der Waals surface area contributed by atoms with Gasteiger partial charge in [0.2, 0.25) is 0 Å². The van der Waals surface area contributed by atoms with Gasteiger partial charge in [-0.05, 0) is 60.9 Å². The first-order valence-electron chi connectivity index (χ1n) is 13.7. The predicted octanol–water partition coefficient (Wildman–Crippen LogP) is 5.35. The van der Waals surface area contributed by atoms with Gasteiger partial charge < -0.3 is 19.9 Å². The fourth-order valence-corrected chi connectivity index (χ4v) is 5.47. The van der Waals surface area contributed by atoms with E-state index in [0.717, 1.165) is 66.9 Å². The van der Waals surface area contributed by atoms with Gasteiger partial charge in [-0.3, -0.25) is 9.69 Å². The summed E-state index contributed by atoms with van der Waals surface area (Å²) >= 11 is 0. The van der Waals surface area contributed by atoms with Crippen molar-refractivity contribution in [1.82, 2.24) is 9.88 Å². The Balaban J connectivity index is 1.10. The second-order valence-corrected chi connectivity index (χ2v) is 10.1. The lowest BCUT2D eigenvalue weighted by atomic mass is 9.91. The molecule has 2 aliphatic heterocycles. The van der Waals surface area contributed by atoms with E-state index in [4.69, 9.17) is 14.5 Å². The molecule has 3 heterocycles. The maximum Gasteiger partial charge on any atom is 0.325 e. The second kappa shape index (κ2) is 12.4. The first kappa shape index (κ1) is 26.2. The number of fused-ring (bicyclic) bond motifs is 1. The normalized spacial score (nSPS) is 16.2. The number of hydrogen-bond donors (Lipinski definition) is 2. The van der Waals surface area contributed by atoms with E-state index >= 15 is 0 Å². The van der Waals surface area contributed by atoms with Crippen molar-refractivity contribution in [1.29, 1.82) is 0 Å². The Morgan fingerprint density at radius 3 is 2.71 bits per heavy atom. The zero-order chi connectivity index (χ0) is 26.3. The lowest BCUT2D eigenvalue weighted by Gasteiger charge is -2.43. The Morgan fingerprint density at radius 2 is 1.92 bits per heavy atom. The highest BCUT2D eigenvalue weighted by Gasteiger charge is 2.39. The maximum atomic E-state index is 12.4. The monoisotopic (exact) mass is 515 g/mol. The van der Waals surface area contributed by atoms with Gasteiger partial charge in [0.05, 0.1) is 13.2 Å². The summed E-state index contributed by atoms with van der Waals surface area (Å²) in [6.45, 7) is 2.92. The van der Waals surface area contributed by atoms with E-state index in [0.29, 0.717) is 25.4 Å². The van der Waals surface area contributed by atoms with E-state index in [9.17, 15) is 9.90 Å². The summed E-state index contributed by atoms with van der Waals surface area (Å²) in [4.78, 5) is 19.2. The SMILES string of the molecule is COc1cccc(C(C(=O)O)N2CC(OCCCCCc3ccc4c(n3)NCCC4)C2)c1-c1ccccc1. The molecule has 7 nitrogen and oxygen atoms in total. The van der Waals surface area contributed by atoms with Crippen LogP contribution < -0.4 is 10.1 Å². The number of carbonyl (C=O) groups is 1. The number of benzene rings is 2. The zero-order valence-corrected chi connectivity index (χ0v) is 22.1. The Kier molecular flexibility index (Phi) is 8.56. The molecule has 2 N–H and O–H groups in total. The minimum Gasteiger partial charge on any atom is -0.496 e. The van der Waals surface area contributed by atoms with Crippen LogP contribution in [0.3, 0.4) is 0 Å². The number of ether oxygens (including phenoxy) is 2. The van der Waals surface area contributed by atoms with E-state index in [2.05, 4.69) is 17.4 Å². The summed E-state index contributed by atoms with van der Waals surface area (Å²) in [5.74, 6) is 0.881. The third-order valence-electron chi connectivity index (χ3n) is 7.49. The van der Waals surface area contributed by atoms with Crippen LogP contribution in [0.15, 0.2) is 60.7 Å². The Bertz CT molecular complexity index is 1230. The highest BCUT2D eigenvalue weighted by atomic mass is 16.5. The number of nitrogens with one attached hydrogen (secondary N) is 1. The molecule has 38 heavy (non-hydrogen) atoms. The van der Waals surface area contributed by atoms with Crippen LogP contribution in [0.2, 0.25) is 0 Å². The first-order valence-corrected chi connectivity index (χ1v) is 13.7. The third-order valence-corrected chi connectivity index (χ3v) is 7.49. The first-order chi connectivity index (χ1) is 18.6. The van der Waals surface area contributed by atoms with Crippen molar-refractivity contribution in [3.63, 3.8) is 0 Å². The largest absolute Gasteiger partial charge is 0.496 e. The van der Waals surface area contributed by atoms with Gasteiger partial charge in [-0.2, -0.15) is 0 Å². The van der Waals surface area contributed by atoms with Crippen LogP contribution in [-0.2, 0) is 22.4 Å². The van der Waals surface area contributed by atoms with Gasteiger partial charge in [0.1, 0.15) is 17.6 Å². The number of unbranched alkanes of at least 4 members (excludes halogenated alkanes) is 2. The van der Waals surface area contributed by atoms with Crippen molar-refractivity contribution in [3.8, 4) is 16.9 Å². The summed E-state index contributed by atoms with van der Waals surface area (Å²) in [7, 11) is 1.62. The molecule has 2 aromatic carbocycles. The van der Waals surface area contributed by atoms with Gasteiger partial charge in [0.15, 0.2) is 0 Å². The van der Waals surface area contributed by atoms with Gasteiger partial charge in [-0.1, -0.05) is 55.0 Å². The molecule has 1 atom stereocenters. The van der Waals surface area contributed by atoms with Crippen LogP contribution in [0.5, 0.6) is 5.75 Å². The third kappa shape index (κ3) is 6.00. The molecule has 2 aliphatic rings. The smallest absolute Gasteiger partial charge is 0.325 e. The number of likely N-dealkylation sites (tertiary alicyclic amines) is 1. The number of rotatable bonds is 12. The molecule has 0 radical (unpaired) electrons. The average Bonchev–Trinajstić information content (AvgIpc) is 2.93. The number of aryl methyl sites for hydroxylation is 2. The van der Waals surface area contributed by atoms with Gasteiger partial charge in [-0.25, -0.2) is 4.98 Å². The number of carboxylic acids is 1. The summed E-state index contributed by atoms with van der Waals surface area (Å²) < 4.78 is 11.7. The number of aliphatic carboxylic acids is 1. The molecule has 0 spiro atoms. The molecule has 3 aromatic rings. The van der Waals surface area contributed by atoms with Gasteiger partial charge in [-0.15, -0.1) is 0 Å². The number of hydrogen-bond acceptors (Lipinski definition) is 6. The zero-order valence-electron chi connectivity index (χ0n) is 22.1. The standard InChI is InChI=1S/C31H37N3O4/c1-37-27-15-8-14-26(28(27)22-10-4-2-5-11-22)29(31(35)36)34-20-25(21-34)38-19-7-3-6-13-24-17-16-23-12-9-18-32-30(23)33-24/h2,4-5,8,10-11,14-17,25,29H,3,6-7,9,12-13,18-21H2,1H3,(H,32,33)(H,35,36). The number of carboxylic acid groups (broad SMARTS) is 1. The molecular weight excluding hydrogens is 478 g/mol. The van der Waals surface area contributed by atoms with Crippen molar-refractivity contribution in [2.75, 3.05) is 38.7 Å². The summed E-state index contributed by atoms with van der Waals surface area (Å²) in [5.41, 5.74) is 5.00. The van der Waals surface area contributed by atoms with Crippen molar-refractivity contribution >= 4 is 11.8 Å². The summed E-state index contributed by atoms with van der Waals surface area (Å²) in [6, 6.07) is 19.1. The van der Waals surface area contributed by atoms with E-state index in [1.165, 1.54) is 12.0 Å². The van der Waals surface area contributed by atoms with Gasteiger partial charge >= 0.3 is 5.97 Å². The molecule has 200 valence electrons. The quantitative estimate of drug-likeness (QED) is 0.314. The molecule has 1 fully saturated rings. The number of nitrogens with zero attached hydrogens (tertiary/aromatic N) is 2. The minimum atomic E-state index is -0.861. The van der Waals surface area contributed by atoms with Crippen LogP contribution in [0.4, 0.5) is 5.82 Å². The number of methoxy groups -OCH3 is 1. The van der Waals surface area contributed by atoms with Crippen LogP contribution in [0.25, 0.3) is 11.1 Å². The van der Waals surface area contributed by atoms with E-state index < -0.39 is 12.0 Å². The van der Waals surface area contributed by atoms with E-state index in [-0.39, 0.29) is 6.10 Å². The number of aromatic nitrogens is 1. The lowest BCUT2D eigenvalue weighted by Crippen LogP contribution is -2.55. The number of anilines is 1. The molecule has 5 rings (SSSR count). The molecular formula is C31H37N3O4. The van der Waals surface area contributed by atoms with E-state index in [1.807, 2.05) is 53.4 Å². The van der Waals surface area contributed by atoms with Crippen molar-refractivity contribution in [2.24, 2.45) is 0 Å². The average molecular weight is 516 g/mol. The van der Waals surface area contributed by atoms with Crippen LogP contribution >= 0.6 is 0 Å². The Labute approximate surface area is 224 Å². The molecule has 0 aliphatic carbocycles. The molecule has 1 aromatic heterocycles. The minimum absolute atomic E-state index is 0.0658. The van der Waals surface area contributed by atoms with Crippen molar-refractivity contribution in [3.05, 3.63) is 77.5 Å². The molecule has 0 saturated carbocycles. The van der Waals surface area contributed by atoms with Gasteiger partial charge in [0.25, 0.3) is 0 Å². The molecule has 7 heteroatoms. The van der Waals surface area contributed by atoms with Crippen LogP contribution in [0, 0.1) is 0 Å². The Hall–Kier alpha value is -3.42. The topological polar surface area (TPSA) is 83.9 Å². The number of pyridine rings is 1. The summed E-state index contributed by atoms with van der Waals surface area (Å²) in [5, 5.41) is 13.6. The fourth-order valence-electron chi connectivity index (χ4n) is 5.47. The van der Waals surface area contributed by atoms with Crippen LogP contribution in [-0.4, -0.2) is 60.4 Å². The summed E-state index contributed by atoms with van der Waals surface area (Å²) in [6.07, 6.45) is 6.52. The predicted molar refractivity (Wildman–Crippen MR) is 149 cm³/mol. The molecule has 0 amide bonds. The lowest BCUT2D eigenvalue weighted by molar-refractivity contribution is -0.150. The fraction of sp³-hybridized carbons (Fsp3) is 0.419. The Morgan fingerprint density at radius 1 is 1.08 bits per heavy atom. The van der Waals surface area contributed by atoms with Crippen molar-refractivity contribution < 1.29 is 19.4 Å². The van der Waals surface area contributed by atoms with Gasteiger partial charge in [0, 0.05) is 37.5 Å². The second-order valence-electron chi connectivity index (χ2n) is 10.1.